The highest BCUT2D eigenvalue weighted by molar-refractivity contribution is 5.82. The molecule has 37 heavy (non-hydrogen) atoms. The van der Waals surface area contributed by atoms with Gasteiger partial charge in [-0.3, -0.25) is 4.79 Å². The fraction of sp³-hybridized carbons (Fsp3) is 0.500. The Morgan fingerprint density at radius 3 is 2.00 bits per heavy atom. The van der Waals surface area contributed by atoms with Crippen molar-refractivity contribution in [3.63, 3.8) is 0 Å². The Morgan fingerprint density at radius 1 is 0.784 bits per heavy atom. The average molecular weight is 512 g/mol. The second-order valence-corrected chi connectivity index (χ2v) is 9.10. The molecule has 0 unspecified atom stereocenters. The lowest BCUT2D eigenvalue weighted by Gasteiger charge is -2.22. The molecule has 0 spiro atoms. The van der Waals surface area contributed by atoms with Crippen LogP contribution in [-0.4, -0.2) is 52.5 Å². The minimum atomic E-state index is -0.196. The molecule has 0 aliphatic rings. The Hall–Kier alpha value is -3.19. The third kappa shape index (κ3) is 7.19. The fourth-order valence-electron chi connectivity index (χ4n) is 4.37. The van der Waals surface area contributed by atoms with Gasteiger partial charge < -0.3 is 28.3 Å². The highest BCUT2D eigenvalue weighted by Crippen LogP contribution is 2.43. The molecule has 1 aromatic heterocycles. The van der Waals surface area contributed by atoms with Crippen molar-refractivity contribution in [2.24, 2.45) is 0 Å². The van der Waals surface area contributed by atoms with Gasteiger partial charge in [0, 0.05) is 5.56 Å². The predicted octanol–water partition coefficient (Wildman–Crippen LogP) is 6.55. The van der Waals surface area contributed by atoms with Crippen molar-refractivity contribution in [3.05, 3.63) is 46.6 Å². The van der Waals surface area contributed by atoms with Gasteiger partial charge >= 0.3 is 0 Å². The summed E-state index contributed by atoms with van der Waals surface area (Å²) in [6.45, 7) is 8.19. The summed E-state index contributed by atoms with van der Waals surface area (Å²) < 4.78 is 28.9. The summed E-state index contributed by atoms with van der Waals surface area (Å²) in [7, 11) is 4.66. The van der Waals surface area contributed by atoms with E-state index in [1.54, 1.807) is 45.6 Å². The van der Waals surface area contributed by atoms with E-state index in [-0.39, 0.29) is 11.2 Å². The number of hydrogen-bond donors (Lipinski definition) is 0. The Kier molecular flexibility index (Phi) is 11.1. The molecule has 0 aliphatic carbocycles. The number of para-hydroxylation sites is 1. The number of benzene rings is 2. The van der Waals surface area contributed by atoms with Crippen LogP contribution in [0.5, 0.6) is 23.0 Å². The second kappa shape index (κ2) is 14.5. The minimum absolute atomic E-state index is 0.196. The van der Waals surface area contributed by atoms with E-state index in [0.29, 0.717) is 46.1 Å². The zero-order chi connectivity index (χ0) is 26.6. The van der Waals surface area contributed by atoms with Crippen LogP contribution in [-0.2, 0) is 0 Å². The van der Waals surface area contributed by atoms with Gasteiger partial charge in [-0.2, -0.15) is 0 Å². The van der Waals surface area contributed by atoms with Crippen LogP contribution in [0.25, 0.3) is 22.3 Å². The molecule has 3 aromatic rings. The van der Waals surface area contributed by atoms with Gasteiger partial charge in [0.25, 0.3) is 0 Å². The van der Waals surface area contributed by atoms with Gasteiger partial charge in [0.05, 0.1) is 33.3 Å². The number of methoxy groups -OCH3 is 3. The van der Waals surface area contributed by atoms with Crippen LogP contribution in [0.15, 0.2) is 45.6 Å². The Labute approximate surface area is 220 Å². The third-order valence-electron chi connectivity index (χ3n) is 6.45. The SMILES string of the molecule is CCCCN(CCCC)CCCCOc1c(-c2cc(OC)c(OC)c(OC)c2)oc2ccccc2c1=O. The first-order valence-corrected chi connectivity index (χ1v) is 13.3. The molecule has 0 amide bonds. The molecule has 1 heterocycles. The van der Waals surface area contributed by atoms with Crippen molar-refractivity contribution in [2.45, 2.75) is 52.4 Å². The van der Waals surface area contributed by atoms with Crippen molar-refractivity contribution in [3.8, 4) is 34.3 Å². The van der Waals surface area contributed by atoms with Crippen LogP contribution in [0, 0.1) is 0 Å². The molecule has 0 aliphatic heterocycles. The molecule has 202 valence electrons. The number of hydrogen-bond acceptors (Lipinski definition) is 7. The summed E-state index contributed by atoms with van der Waals surface area (Å²) >= 11 is 0. The first-order chi connectivity index (χ1) is 18.1. The second-order valence-electron chi connectivity index (χ2n) is 9.10. The summed E-state index contributed by atoms with van der Waals surface area (Å²) in [5.41, 5.74) is 0.905. The molecule has 7 nitrogen and oxygen atoms in total. The van der Waals surface area contributed by atoms with E-state index in [9.17, 15) is 4.79 Å². The quantitative estimate of drug-likeness (QED) is 0.202. The van der Waals surface area contributed by atoms with Crippen molar-refractivity contribution in [1.82, 2.24) is 4.90 Å². The topological polar surface area (TPSA) is 70.4 Å². The lowest BCUT2D eigenvalue weighted by molar-refractivity contribution is 0.242. The van der Waals surface area contributed by atoms with Crippen LogP contribution < -0.4 is 24.4 Å². The van der Waals surface area contributed by atoms with Crippen LogP contribution in [0.4, 0.5) is 0 Å². The van der Waals surface area contributed by atoms with Crippen molar-refractivity contribution < 1.29 is 23.4 Å². The molecule has 0 saturated carbocycles. The van der Waals surface area contributed by atoms with Crippen molar-refractivity contribution in [1.29, 1.82) is 0 Å². The molecule has 0 N–H and O–H groups in total. The van der Waals surface area contributed by atoms with Gasteiger partial charge in [-0.1, -0.05) is 38.8 Å². The lowest BCUT2D eigenvalue weighted by atomic mass is 10.1. The summed E-state index contributed by atoms with van der Waals surface area (Å²) in [6, 6.07) is 10.7. The minimum Gasteiger partial charge on any atom is -0.493 e. The maximum atomic E-state index is 13.5. The third-order valence-corrected chi connectivity index (χ3v) is 6.45. The largest absolute Gasteiger partial charge is 0.493 e. The normalized spacial score (nSPS) is 11.2. The highest BCUT2D eigenvalue weighted by Gasteiger charge is 2.22. The molecule has 0 atom stereocenters. The zero-order valence-electron chi connectivity index (χ0n) is 22.9. The van der Waals surface area contributed by atoms with Gasteiger partial charge in [0.15, 0.2) is 17.3 Å². The first kappa shape index (κ1) is 28.4. The van der Waals surface area contributed by atoms with Gasteiger partial charge in [0.1, 0.15) is 5.58 Å². The molecule has 0 radical (unpaired) electrons. The van der Waals surface area contributed by atoms with Crippen LogP contribution in [0.1, 0.15) is 52.4 Å². The van der Waals surface area contributed by atoms with Crippen LogP contribution in [0.3, 0.4) is 0 Å². The van der Waals surface area contributed by atoms with Crippen molar-refractivity contribution >= 4 is 11.0 Å². The summed E-state index contributed by atoms with van der Waals surface area (Å²) in [4.78, 5) is 16.0. The summed E-state index contributed by atoms with van der Waals surface area (Å²) in [6.07, 6.45) is 6.69. The number of nitrogens with zero attached hydrogens (tertiary/aromatic N) is 1. The predicted molar refractivity (Wildman–Crippen MR) is 149 cm³/mol. The van der Waals surface area contributed by atoms with E-state index in [4.69, 9.17) is 23.4 Å². The summed E-state index contributed by atoms with van der Waals surface area (Å²) in [5, 5.41) is 0.485. The molecule has 0 saturated heterocycles. The van der Waals surface area contributed by atoms with Gasteiger partial charge in [-0.05, 0) is 69.6 Å². The molecular formula is C30H41NO6. The van der Waals surface area contributed by atoms with E-state index in [2.05, 4.69) is 18.7 Å². The van der Waals surface area contributed by atoms with Crippen LogP contribution in [0.2, 0.25) is 0 Å². The van der Waals surface area contributed by atoms with E-state index in [1.807, 2.05) is 12.1 Å². The van der Waals surface area contributed by atoms with Gasteiger partial charge in [-0.25, -0.2) is 0 Å². The summed E-state index contributed by atoms with van der Waals surface area (Å²) in [5.74, 6) is 1.95. The van der Waals surface area contributed by atoms with E-state index >= 15 is 0 Å². The van der Waals surface area contributed by atoms with Gasteiger partial charge in [0.2, 0.25) is 16.9 Å². The molecule has 7 heteroatoms. The van der Waals surface area contributed by atoms with Crippen LogP contribution >= 0.6 is 0 Å². The smallest absolute Gasteiger partial charge is 0.235 e. The fourth-order valence-corrected chi connectivity index (χ4v) is 4.37. The monoisotopic (exact) mass is 511 g/mol. The zero-order valence-corrected chi connectivity index (χ0v) is 22.9. The maximum Gasteiger partial charge on any atom is 0.235 e. The number of fused-ring (bicyclic) bond motifs is 1. The Balaban J connectivity index is 1.86. The van der Waals surface area contributed by atoms with Crippen molar-refractivity contribution in [2.75, 3.05) is 47.6 Å². The highest BCUT2D eigenvalue weighted by atomic mass is 16.5. The number of ether oxygens (including phenoxy) is 4. The van der Waals surface area contributed by atoms with E-state index in [1.165, 1.54) is 25.7 Å². The molecule has 3 rings (SSSR count). The lowest BCUT2D eigenvalue weighted by Crippen LogP contribution is -2.27. The van der Waals surface area contributed by atoms with Gasteiger partial charge in [-0.15, -0.1) is 0 Å². The number of rotatable bonds is 16. The van der Waals surface area contributed by atoms with E-state index in [0.717, 1.165) is 32.5 Å². The Bertz CT molecular complexity index is 1160. The molecular weight excluding hydrogens is 470 g/mol. The average Bonchev–Trinajstić information content (AvgIpc) is 2.93. The van der Waals surface area contributed by atoms with E-state index < -0.39 is 0 Å². The standard InChI is InChI=1S/C30H41NO6/c1-6-8-16-31(17-9-7-2)18-12-13-19-36-30-27(32)23-14-10-11-15-24(23)37-28(30)22-20-25(33-3)29(35-5)26(21-22)34-4/h10-11,14-15,20-21H,6-9,12-13,16-19H2,1-5H3. The molecule has 0 bridgehead atoms. The maximum absolute atomic E-state index is 13.5. The Morgan fingerprint density at radius 2 is 1.41 bits per heavy atom. The molecule has 0 fully saturated rings. The molecule has 2 aromatic carbocycles. The number of unbranched alkanes of at least 4 members (excludes halogenated alkanes) is 3. The first-order valence-electron chi connectivity index (χ1n) is 13.3.